The molecular formula is C15H16ClN5O. The summed E-state index contributed by atoms with van der Waals surface area (Å²) in [5.74, 6) is -0.0855. The molecule has 0 saturated heterocycles. The van der Waals surface area contributed by atoms with Crippen LogP contribution in [0.15, 0.2) is 35.6 Å². The number of allylic oxidation sites excluding steroid dienone is 1. The van der Waals surface area contributed by atoms with Crippen molar-refractivity contribution in [3.63, 3.8) is 0 Å². The Morgan fingerprint density at radius 3 is 2.86 bits per heavy atom. The van der Waals surface area contributed by atoms with Crippen molar-refractivity contribution in [3.8, 4) is 0 Å². The van der Waals surface area contributed by atoms with Gasteiger partial charge in [0, 0.05) is 43.8 Å². The van der Waals surface area contributed by atoms with E-state index in [2.05, 4.69) is 15.0 Å². The molecule has 6 nitrogen and oxygen atoms in total. The van der Waals surface area contributed by atoms with Crippen molar-refractivity contribution in [2.45, 2.75) is 0 Å². The molecule has 2 aromatic rings. The second-order valence-corrected chi connectivity index (χ2v) is 5.16. The van der Waals surface area contributed by atoms with Crippen LogP contribution in [0.5, 0.6) is 0 Å². The molecule has 0 aromatic carbocycles. The summed E-state index contributed by atoms with van der Waals surface area (Å²) >= 11 is 5.89. The number of aromatic nitrogens is 2. The van der Waals surface area contributed by atoms with Gasteiger partial charge in [-0.05, 0) is 18.2 Å². The Morgan fingerprint density at radius 2 is 2.18 bits per heavy atom. The molecule has 0 atom stereocenters. The first kappa shape index (κ1) is 15.9. The predicted molar refractivity (Wildman–Crippen MR) is 88.8 cm³/mol. The number of aliphatic imine (C=N–C) groups is 1. The number of nitrogens with two attached hydrogens (primary N) is 1. The Labute approximate surface area is 133 Å². The fourth-order valence-corrected chi connectivity index (χ4v) is 1.87. The number of halogens is 1. The van der Waals surface area contributed by atoms with Gasteiger partial charge in [-0.1, -0.05) is 11.6 Å². The largest absolute Gasteiger partial charge is 0.404 e. The first-order valence-electron chi connectivity index (χ1n) is 6.56. The van der Waals surface area contributed by atoms with Crippen LogP contribution in [0.2, 0.25) is 5.15 Å². The van der Waals surface area contributed by atoms with Gasteiger partial charge in [-0.2, -0.15) is 0 Å². The molecule has 0 spiro atoms. The Kier molecular flexibility index (Phi) is 5.06. The number of pyridine rings is 2. The Bertz CT molecular complexity index is 755. The van der Waals surface area contributed by atoms with Gasteiger partial charge in [-0.15, -0.1) is 0 Å². The van der Waals surface area contributed by atoms with Crippen LogP contribution in [-0.4, -0.2) is 47.6 Å². The molecular weight excluding hydrogens is 302 g/mol. The lowest BCUT2D eigenvalue weighted by Crippen LogP contribution is -2.24. The van der Waals surface area contributed by atoms with Crippen molar-refractivity contribution in [1.29, 1.82) is 0 Å². The van der Waals surface area contributed by atoms with Gasteiger partial charge in [0.1, 0.15) is 11.7 Å². The molecule has 2 rings (SSSR count). The van der Waals surface area contributed by atoms with Crippen LogP contribution in [0, 0.1) is 0 Å². The average molecular weight is 318 g/mol. The fraction of sp³-hybridized carbons (Fsp3) is 0.200. The van der Waals surface area contributed by atoms with E-state index in [-0.39, 0.29) is 12.5 Å². The number of hydrogen-bond donors (Lipinski definition) is 1. The number of carbonyl (C=O) groups is 1. The van der Waals surface area contributed by atoms with Crippen LogP contribution < -0.4 is 5.73 Å². The Morgan fingerprint density at radius 1 is 1.41 bits per heavy atom. The molecule has 2 aromatic heterocycles. The van der Waals surface area contributed by atoms with Gasteiger partial charge in [0.2, 0.25) is 5.91 Å². The van der Waals surface area contributed by atoms with E-state index in [0.717, 1.165) is 11.1 Å². The molecule has 0 bridgehead atoms. The summed E-state index contributed by atoms with van der Waals surface area (Å²) in [5, 5.41) is 0.398. The Hall–Kier alpha value is -2.47. The molecule has 2 N–H and O–H groups in total. The number of carbonyl (C=O) groups excluding carboxylic acids is 1. The number of fused-ring (bicyclic) bond motifs is 1. The van der Waals surface area contributed by atoms with E-state index in [1.807, 2.05) is 6.07 Å². The molecule has 0 unspecified atom stereocenters. The van der Waals surface area contributed by atoms with Crippen LogP contribution in [0.25, 0.3) is 16.6 Å². The third-order valence-electron chi connectivity index (χ3n) is 2.97. The highest BCUT2D eigenvalue weighted by atomic mass is 35.5. The van der Waals surface area contributed by atoms with Crippen molar-refractivity contribution in [2.75, 3.05) is 20.6 Å². The number of rotatable bonds is 4. The maximum atomic E-state index is 11.5. The lowest BCUT2D eigenvalue weighted by Gasteiger charge is -2.07. The number of hydrogen-bond acceptors (Lipinski definition) is 5. The van der Waals surface area contributed by atoms with Crippen molar-refractivity contribution in [3.05, 3.63) is 41.3 Å². The van der Waals surface area contributed by atoms with Gasteiger partial charge in [0.25, 0.3) is 0 Å². The molecule has 0 saturated carbocycles. The van der Waals surface area contributed by atoms with E-state index >= 15 is 0 Å². The third kappa shape index (κ3) is 3.79. The van der Waals surface area contributed by atoms with Crippen LogP contribution in [0.4, 0.5) is 0 Å². The summed E-state index contributed by atoms with van der Waals surface area (Å²) in [6.45, 7) is 0.0649. The first-order valence-corrected chi connectivity index (χ1v) is 6.93. The molecule has 0 fully saturated rings. The highest BCUT2D eigenvalue weighted by Gasteiger charge is 2.05. The maximum Gasteiger partial charge on any atom is 0.243 e. The molecule has 1 amide bonds. The summed E-state index contributed by atoms with van der Waals surface area (Å²) < 4.78 is 0. The Balaban J connectivity index is 2.24. The zero-order valence-electron chi connectivity index (χ0n) is 12.3. The van der Waals surface area contributed by atoms with Crippen LogP contribution in [-0.2, 0) is 4.79 Å². The summed E-state index contributed by atoms with van der Waals surface area (Å²) in [7, 11) is 3.36. The summed E-state index contributed by atoms with van der Waals surface area (Å²) in [4.78, 5) is 25.6. The van der Waals surface area contributed by atoms with E-state index in [1.54, 1.807) is 38.6 Å². The summed E-state index contributed by atoms with van der Waals surface area (Å²) in [6, 6.07) is 5.31. The van der Waals surface area contributed by atoms with E-state index in [1.165, 1.54) is 11.1 Å². The van der Waals surface area contributed by atoms with E-state index < -0.39 is 0 Å². The molecule has 0 aliphatic carbocycles. The number of likely N-dealkylation sites (N-methyl/N-ethyl adjacent to an activating group) is 1. The predicted octanol–water partition coefficient (Wildman–Crippen LogP) is 1.74. The quantitative estimate of drug-likeness (QED) is 0.687. The maximum absolute atomic E-state index is 11.5. The summed E-state index contributed by atoms with van der Waals surface area (Å²) in [5.41, 5.74) is 8.45. The molecule has 7 heteroatoms. The zero-order valence-corrected chi connectivity index (χ0v) is 13.1. The number of nitrogens with zero attached hydrogens (tertiary/aromatic N) is 4. The topological polar surface area (TPSA) is 84.5 Å². The fourth-order valence-electron chi connectivity index (χ4n) is 1.72. The second-order valence-electron chi connectivity index (χ2n) is 4.78. The van der Waals surface area contributed by atoms with Gasteiger partial charge in [-0.25, -0.2) is 4.98 Å². The number of amides is 1. The normalized spacial score (nSPS) is 12.0. The lowest BCUT2D eigenvalue weighted by molar-refractivity contribution is -0.127. The highest BCUT2D eigenvalue weighted by Crippen LogP contribution is 2.18. The molecule has 22 heavy (non-hydrogen) atoms. The highest BCUT2D eigenvalue weighted by molar-refractivity contribution is 6.29. The van der Waals surface area contributed by atoms with Crippen LogP contribution in [0.1, 0.15) is 5.56 Å². The smallest absolute Gasteiger partial charge is 0.243 e. The summed E-state index contributed by atoms with van der Waals surface area (Å²) in [6.07, 6.45) is 4.64. The van der Waals surface area contributed by atoms with Crippen molar-refractivity contribution < 1.29 is 4.79 Å². The average Bonchev–Trinajstić information content (AvgIpc) is 2.50. The van der Waals surface area contributed by atoms with Crippen molar-refractivity contribution in [2.24, 2.45) is 10.7 Å². The minimum atomic E-state index is -0.0855. The van der Waals surface area contributed by atoms with Crippen molar-refractivity contribution in [1.82, 2.24) is 14.9 Å². The molecule has 0 aliphatic rings. The van der Waals surface area contributed by atoms with E-state index in [0.29, 0.717) is 16.2 Å². The molecule has 0 radical (unpaired) electrons. The first-order chi connectivity index (χ1) is 10.5. The van der Waals surface area contributed by atoms with Gasteiger partial charge in [0.15, 0.2) is 0 Å². The minimum Gasteiger partial charge on any atom is -0.404 e. The van der Waals surface area contributed by atoms with Gasteiger partial charge in [-0.3, -0.25) is 14.8 Å². The minimum absolute atomic E-state index is 0.0649. The zero-order chi connectivity index (χ0) is 16.1. The van der Waals surface area contributed by atoms with Crippen LogP contribution in [0.3, 0.4) is 0 Å². The monoisotopic (exact) mass is 317 g/mol. The standard InChI is InChI=1S/C15H16ClN5O/c1-21(2)15(22)9-18-7-11(6-17)10-5-13-12(19-8-10)3-4-14(16)20-13/h3-8H,9,17H2,1-2H3. The van der Waals surface area contributed by atoms with Gasteiger partial charge >= 0.3 is 0 Å². The van der Waals surface area contributed by atoms with Gasteiger partial charge in [0.05, 0.1) is 11.0 Å². The van der Waals surface area contributed by atoms with Gasteiger partial charge < -0.3 is 10.6 Å². The van der Waals surface area contributed by atoms with Crippen molar-refractivity contribution >= 4 is 40.3 Å². The lowest BCUT2D eigenvalue weighted by atomic mass is 10.1. The van der Waals surface area contributed by atoms with Crippen LogP contribution >= 0.6 is 11.6 Å². The third-order valence-corrected chi connectivity index (χ3v) is 3.18. The molecule has 114 valence electrons. The SMILES string of the molecule is CN(C)C(=O)CN=CC(=CN)c1cnc2ccc(Cl)nc2c1. The molecule has 2 heterocycles. The van der Waals surface area contributed by atoms with E-state index in [4.69, 9.17) is 17.3 Å². The van der Waals surface area contributed by atoms with E-state index in [9.17, 15) is 4.79 Å². The molecule has 0 aliphatic heterocycles. The second kappa shape index (κ2) is 7.00.